The Balaban J connectivity index is 2.36. The van der Waals surface area contributed by atoms with Gasteiger partial charge in [0.2, 0.25) is 6.23 Å². The minimum Gasteiger partial charge on any atom is -0.496 e. The summed E-state index contributed by atoms with van der Waals surface area (Å²) in [7, 11) is 6.07. The lowest BCUT2D eigenvalue weighted by atomic mass is 10.1. The van der Waals surface area contributed by atoms with E-state index in [0.29, 0.717) is 0 Å². The second-order valence-electron chi connectivity index (χ2n) is 4.47. The van der Waals surface area contributed by atoms with Crippen LogP contribution in [0, 0.1) is 0 Å². The van der Waals surface area contributed by atoms with Gasteiger partial charge >= 0.3 is 0 Å². The molecule has 0 aromatic heterocycles. The average Bonchev–Trinajstić information content (AvgIpc) is 2.58. The van der Waals surface area contributed by atoms with E-state index in [1.54, 1.807) is 7.11 Å². The molecule has 0 N–H and O–H groups in total. The molecule has 1 saturated heterocycles. The second kappa shape index (κ2) is 3.83. The van der Waals surface area contributed by atoms with Crippen LogP contribution < -0.4 is 4.74 Å². The van der Waals surface area contributed by atoms with Crippen molar-refractivity contribution in [3.63, 3.8) is 0 Å². The first-order chi connectivity index (χ1) is 7.15. The normalized spacial score (nSPS) is 24.1. The van der Waals surface area contributed by atoms with Gasteiger partial charge < -0.3 is 9.47 Å². The Hall–Kier alpha value is -1.06. The van der Waals surface area contributed by atoms with Gasteiger partial charge in [0.25, 0.3) is 0 Å². The third-order valence-corrected chi connectivity index (χ3v) is 2.98. The zero-order chi connectivity index (χ0) is 10.9. The van der Waals surface area contributed by atoms with Crippen molar-refractivity contribution in [1.29, 1.82) is 0 Å². The highest BCUT2D eigenvalue weighted by Gasteiger charge is 2.38. The highest BCUT2D eigenvalue weighted by atomic mass is 16.5. The van der Waals surface area contributed by atoms with Crippen molar-refractivity contribution < 1.29 is 14.0 Å². The van der Waals surface area contributed by atoms with Gasteiger partial charge in [0.1, 0.15) is 18.9 Å². The molecule has 1 unspecified atom stereocenters. The number of para-hydroxylation sites is 1. The van der Waals surface area contributed by atoms with Gasteiger partial charge in [-0.05, 0) is 12.1 Å². The minimum absolute atomic E-state index is 0.0983. The number of hydrogen-bond donors (Lipinski definition) is 0. The first kappa shape index (κ1) is 10.5. The molecule has 1 fully saturated rings. The van der Waals surface area contributed by atoms with Crippen molar-refractivity contribution in [2.24, 2.45) is 0 Å². The Kier molecular flexibility index (Phi) is 2.67. The SMILES string of the molecule is COc1ccccc1C1OCC[N+]1(C)C. The summed E-state index contributed by atoms with van der Waals surface area (Å²) in [6, 6.07) is 8.07. The Morgan fingerprint density at radius 1 is 1.33 bits per heavy atom. The molecule has 0 bridgehead atoms. The molecule has 1 aromatic rings. The van der Waals surface area contributed by atoms with Crippen LogP contribution in [0.25, 0.3) is 0 Å². The minimum atomic E-state index is 0.0983. The Labute approximate surface area is 90.8 Å². The molecule has 1 aromatic carbocycles. The summed E-state index contributed by atoms with van der Waals surface area (Å²) < 4.78 is 12.0. The number of nitrogens with zero attached hydrogens (tertiary/aromatic N) is 1. The molecule has 3 nitrogen and oxygen atoms in total. The smallest absolute Gasteiger partial charge is 0.223 e. The summed E-state index contributed by atoms with van der Waals surface area (Å²) in [5.74, 6) is 0.913. The lowest BCUT2D eigenvalue weighted by molar-refractivity contribution is -0.920. The molecule has 1 heterocycles. The quantitative estimate of drug-likeness (QED) is 0.690. The van der Waals surface area contributed by atoms with E-state index in [9.17, 15) is 0 Å². The fraction of sp³-hybridized carbons (Fsp3) is 0.500. The van der Waals surface area contributed by atoms with Crippen LogP contribution in [-0.2, 0) is 4.74 Å². The van der Waals surface area contributed by atoms with E-state index in [4.69, 9.17) is 9.47 Å². The van der Waals surface area contributed by atoms with Crippen LogP contribution in [0.1, 0.15) is 11.8 Å². The highest BCUT2D eigenvalue weighted by Crippen LogP contribution is 2.35. The molecule has 0 saturated carbocycles. The van der Waals surface area contributed by atoms with E-state index in [1.807, 2.05) is 18.2 Å². The predicted octanol–water partition coefficient (Wildman–Crippen LogP) is 1.80. The number of ether oxygens (including phenoxy) is 2. The molecule has 1 atom stereocenters. The molecule has 0 amide bonds. The van der Waals surface area contributed by atoms with Gasteiger partial charge in [-0.1, -0.05) is 12.1 Å². The maximum atomic E-state index is 5.79. The molecular formula is C12H18NO2+. The first-order valence-electron chi connectivity index (χ1n) is 5.22. The lowest BCUT2D eigenvalue weighted by Gasteiger charge is -2.30. The van der Waals surface area contributed by atoms with Crippen molar-refractivity contribution in [1.82, 2.24) is 0 Å². The van der Waals surface area contributed by atoms with Crippen molar-refractivity contribution in [3.8, 4) is 5.75 Å². The van der Waals surface area contributed by atoms with Gasteiger partial charge in [-0.25, -0.2) is 0 Å². The maximum Gasteiger partial charge on any atom is 0.223 e. The summed E-state index contributed by atoms with van der Waals surface area (Å²) >= 11 is 0. The maximum absolute atomic E-state index is 5.79. The van der Waals surface area contributed by atoms with Crippen LogP contribution >= 0.6 is 0 Å². The van der Waals surface area contributed by atoms with E-state index in [1.165, 1.54) is 0 Å². The van der Waals surface area contributed by atoms with Gasteiger partial charge in [0.05, 0.1) is 26.8 Å². The summed E-state index contributed by atoms with van der Waals surface area (Å²) in [4.78, 5) is 0. The van der Waals surface area contributed by atoms with Gasteiger partial charge in [0, 0.05) is 0 Å². The van der Waals surface area contributed by atoms with Crippen molar-refractivity contribution in [2.75, 3.05) is 34.4 Å². The van der Waals surface area contributed by atoms with Gasteiger partial charge in [-0.2, -0.15) is 0 Å². The number of quaternary nitrogens is 1. The molecule has 15 heavy (non-hydrogen) atoms. The van der Waals surface area contributed by atoms with Crippen LogP contribution in [0.4, 0.5) is 0 Å². The first-order valence-corrected chi connectivity index (χ1v) is 5.22. The number of rotatable bonds is 2. The number of methoxy groups -OCH3 is 1. The van der Waals surface area contributed by atoms with Gasteiger partial charge in [-0.3, -0.25) is 4.48 Å². The van der Waals surface area contributed by atoms with Crippen molar-refractivity contribution in [3.05, 3.63) is 29.8 Å². The predicted molar refractivity (Wildman–Crippen MR) is 58.7 cm³/mol. The standard InChI is InChI=1S/C12H18NO2/c1-13(2)8-9-15-12(13)10-6-4-5-7-11(10)14-3/h4-7,12H,8-9H2,1-3H3/q+1. The molecular weight excluding hydrogens is 190 g/mol. The fourth-order valence-corrected chi connectivity index (χ4v) is 2.06. The molecule has 1 aliphatic rings. The van der Waals surface area contributed by atoms with E-state index >= 15 is 0 Å². The molecule has 3 heteroatoms. The van der Waals surface area contributed by atoms with Crippen LogP contribution in [0.2, 0.25) is 0 Å². The highest BCUT2D eigenvalue weighted by molar-refractivity contribution is 5.34. The van der Waals surface area contributed by atoms with Crippen LogP contribution in [-0.4, -0.2) is 38.8 Å². The summed E-state index contributed by atoms with van der Waals surface area (Å²) in [5, 5.41) is 0. The molecule has 0 spiro atoms. The van der Waals surface area contributed by atoms with E-state index in [0.717, 1.165) is 28.9 Å². The summed E-state index contributed by atoms with van der Waals surface area (Å²) in [6.45, 7) is 1.86. The zero-order valence-corrected chi connectivity index (χ0v) is 9.56. The molecule has 2 rings (SSSR count). The number of hydrogen-bond acceptors (Lipinski definition) is 2. The number of likely N-dealkylation sites (N-methyl/N-ethyl adjacent to an activating group) is 1. The second-order valence-corrected chi connectivity index (χ2v) is 4.47. The van der Waals surface area contributed by atoms with Crippen molar-refractivity contribution in [2.45, 2.75) is 6.23 Å². The average molecular weight is 208 g/mol. The number of benzene rings is 1. The van der Waals surface area contributed by atoms with Gasteiger partial charge in [0.15, 0.2) is 0 Å². The van der Waals surface area contributed by atoms with E-state index in [2.05, 4.69) is 20.2 Å². The third kappa shape index (κ3) is 1.85. The fourth-order valence-electron chi connectivity index (χ4n) is 2.06. The van der Waals surface area contributed by atoms with Gasteiger partial charge in [-0.15, -0.1) is 0 Å². The van der Waals surface area contributed by atoms with Crippen LogP contribution in [0.5, 0.6) is 5.75 Å². The van der Waals surface area contributed by atoms with E-state index in [-0.39, 0.29) is 6.23 Å². The Morgan fingerprint density at radius 2 is 2.07 bits per heavy atom. The van der Waals surface area contributed by atoms with Crippen LogP contribution in [0.3, 0.4) is 0 Å². The van der Waals surface area contributed by atoms with E-state index < -0.39 is 0 Å². The Morgan fingerprint density at radius 3 is 2.67 bits per heavy atom. The van der Waals surface area contributed by atoms with Crippen LogP contribution in [0.15, 0.2) is 24.3 Å². The molecule has 0 aliphatic carbocycles. The van der Waals surface area contributed by atoms with Crippen molar-refractivity contribution >= 4 is 0 Å². The lowest BCUT2D eigenvalue weighted by Crippen LogP contribution is -2.39. The largest absolute Gasteiger partial charge is 0.496 e. The third-order valence-electron chi connectivity index (χ3n) is 2.98. The zero-order valence-electron chi connectivity index (χ0n) is 9.56. The Bertz CT molecular complexity index is 349. The summed E-state index contributed by atoms with van der Waals surface area (Å²) in [6.07, 6.45) is 0.0983. The molecule has 1 aliphatic heterocycles. The molecule has 0 radical (unpaired) electrons. The molecule has 82 valence electrons. The summed E-state index contributed by atoms with van der Waals surface area (Å²) in [5.41, 5.74) is 1.14. The topological polar surface area (TPSA) is 18.5 Å². The monoisotopic (exact) mass is 208 g/mol.